The number of nitrogen functional groups attached to an aromatic ring is 1. The average molecular weight is 385 g/mol. The maximum absolute atomic E-state index is 6.20. The van der Waals surface area contributed by atoms with Gasteiger partial charge in [-0.15, -0.1) is 0 Å². The van der Waals surface area contributed by atoms with Gasteiger partial charge in [-0.1, -0.05) is 12.1 Å². The number of nitrogens with two attached hydrogens (primary N) is 1. The molecule has 0 fully saturated rings. The van der Waals surface area contributed by atoms with Gasteiger partial charge in [-0.25, -0.2) is 4.98 Å². The lowest BCUT2D eigenvalue weighted by atomic mass is 10.1. The molecule has 0 radical (unpaired) electrons. The maximum Gasteiger partial charge on any atom is 0.152 e. The van der Waals surface area contributed by atoms with Crippen LogP contribution in [0.25, 0.3) is 33.1 Å². The highest BCUT2D eigenvalue weighted by Gasteiger charge is 2.12. The third-order valence-corrected chi connectivity index (χ3v) is 4.78. The van der Waals surface area contributed by atoms with Gasteiger partial charge in [0.05, 0.1) is 24.0 Å². The van der Waals surface area contributed by atoms with Gasteiger partial charge in [0.2, 0.25) is 0 Å². The van der Waals surface area contributed by atoms with Crippen molar-refractivity contribution in [3.05, 3.63) is 61.2 Å². The summed E-state index contributed by atoms with van der Waals surface area (Å²) in [6, 6.07) is 11.8. The number of ether oxygens (including phenoxy) is 1. The largest absolute Gasteiger partial charge is 0.492 e. The van der Waals surface area contributed by atoms with Gasteiger partial charge in [-0.2, -0.15) is 10.2 Å². The number of nitrogens with one attached hydrogen (secondary N) is 1. The number of benzene rings is 1. The lowest BCUT2D eigenvalue weighted by Gasteiger charge is -2.05. The van der Waals surface area contributed by atoms with Crippen molar-refractivity contribution in [1.29, 1.82) is 0 Å². The summed E-state index contributed by atoms with van der Waals surface area (Å²) in [7, 11) is 0. The van der Waals surface area contributed by atoms with Gasteiger partial charge in [-0.3, -0.25) is 14.8 Å². The lowest BCUT2D eigenvalue weighted by Crippen LogP contribution is -2.05. The Morgan fingerprint density at radius 1 is 1.10 bits per heavy atom. The predicted molar refractivity (Wildman–Crippen MR) is 111 cm³/mol. The Kier molecular flexibility index (Phi) is 4.28. The van der Waals surface area contributed by atoms with Crippen LogP contribution in [0.15, 0.2) is 61.2 Å². The number of H-pyrrole nitrogens is 1. The van der Waals surface area contributed by atoms with Crippen molar-refractivity contribution in [3.8, 4) is 17.0 Å². The summed E-state index contributed by atoms with van der Waals surface area (Å²) in [5.74, 6) is 1.20. The molecule has 3 N–H and O–H groups in total. The Balaban J connectivity index is 1.38. The molecule has 0 saturated heterocycles. The fourth-order valence-electron chi connectivity index (χ4n) is 3.39. The molecular weight excluding hydrogens is 366 g/mol. The molecule has 0 aliphatic rings. The summed E-state index contributed by atoms with van der Waals surface area (Å²) in [6.45, 7) is 1.31. The molecule has 29 heavy (non-hydrogen) atoms. The minimum absolute atomic E-state index is 0.430. The van der Waals surface area contributed by atoms with Crippen LogP contribution in [0.2, 0.25) is 0 Å². The van der Waals surface area contributed by atoms with Crippen molar-refractivity contribution >= 4 is 27.6 Å². The van der Waals surface area contributed by atoms with Crippen LogP contribution in [0.3, 0.4) is 0 Å². The number of nitrogens with zero attached hydrogens (tertiary/aromatic N) is 5. The second-order valence-corrected chi connectivity index (χ2v) is 6.74. The van der Waals surface area contributed by atoms with Crippen LogP contribution in [-0.4, -0.2) is 36.6 Å². The molecule has 8 nitrogen and oxygen atoms in total. The van der Waals surface area contributed by atoms with Crippen LogP contribution in [0, 0.1) is 0 Å². The van der Waals surface area contributed by atoms with Gasteiger partial charge < -0.3 is 10.5 Å². The molecule has 1 aromatic carbocycles. The van der Waals surface area contributed by atoms with Crippen molar-refractivity contribution in [1.82, 2.24) is 29.9 Å². The molecule has 4 heterocycles. The van der Waals surface area contributed by atoms with Crippen LogP contribution in [0.1, 0.15) is 6.42 Å². The fourth-order valence-corrected chi connectivity index (χ4v) is 3.39. The molecular formula is C21H19N7O. The molecule has 0 saturated carbocycles. The minimum atomic E-state index is 0.430. The molecule has 0 aliphatic heterocycles. The highest BCUT2D eigenvalue weighted by atomic mass is 16.5. The smallest absolute Gasteiger partial charge is 0.152 e. The Labute approximate surface area is 166 Å². The maximum atomic E-state index is 6.20. The summed E-state index contributed by atoms with van der Waals surface area (Å²) in [4.78, 5) is 8.60. The highest BCUT2D eigenvalue weighted by Crippen LogP contribution is 2.30. The van der Waals surface area contributed by atoms with Gasteiger partial charge in [0.1, 0.15) is 11.3 Å². The van der Waals surface area contributed by atoms with E-state index in [0.717, 1.165) is 51.8 Å². The number of pyridine rings is 2. The summed E-state index contributed by atoms with van der Waals surface area (Å²) < 4.78 is 7.60. The molecule has 0 atom stereocenters. The van der Waals surface area contributed by atoms with E-state index >= 15 is 0 Å². The van der Waals surface area contributed by atoms with Crippen LogP contribution in [0.4, 0.5) is 5.82 Å². The van der Waals surface area contributed by atoms with Crippen LogP contribution < -0.4 is 10.5 Å². The number of fused-ring (bicyclic) bond motifs is 3. The Bertz CT molecular complexity index is 1260. The van der Waals surface area contributed by atoms with E-state index in [9.17, 15) is 0 Å². The molecule has 8 heteroatoms. The van der Waals surface area contributed by atoms with Gasteiger partial charge in [-0.05, 0) is 24.3 Å². The van der Waals surface area contributed by atoms with E-state index in [4.69, 9.17) is 10.5 Å². The van der Waals surface area contributed by atoms with E-state index in [1.165, 1.54) is 0 Å². The van der Waals surface area contributed by atoms with E-state index in [1.807, 2.05) is 41.2 Å². The van der Waals surface area contributed by atoms with Crippen LogP contribution >= 0.6 is 0 Å². The first kappa shape index (κ1) is 17.2. The molecule has 5 rings (SSSR count). The number of hydrogen-bond acceptors (Lipinski definition) is 6. The molecule has 0 aliphatic carbocycles. The van der Waals surface area contributed by atoms with Crippen molar-refractivity contribution < 1.29 is 4.74 Å². The molecule has 0 spiro atoms. The summed E-state index contributed by atoms with van der Waals surface area (Å²) in [6.07, 6.45) is 8.00. The predicted octanol–water partition coefficient (Wildman–Crippen LogP) is 3.42. The van der Waals surface area contributed by atoms with Gasteiger partial charge in [0.15, 0.2) is 5.82 Å². The summed E-state index contributed by atoms with van der Waals surface area (Å²) in [5.41, 5.74) is 9.71. The van der Waals surface area contributed by atoms with Gasteiger partial charge in [0.25, 0.3) is 0 Å². The van der Waals surface area contributed by atoms with Gasteiger partial charge in [0, 0.05) is 47.9 Å². The Morgan fingerprint density at radius 3 is 2.90 bits per heavy atom. The topological polar surface area (TPSA) is 108 Å². The van der Waals surface area contributed by atoms with Crippen molar-refractivity contribution in [2.75, 3.05) is 12.3 Å². The van der Waals surface area contributed by atoms with Crippen molar-refractivity contribution in [2.45, 2.75) is 13.0 Å². The molecule has 4 aromatic heterocycles. The second-order valence-electron chi connectivity index (χ2n) is 6.74. The normalized spacial score (nSPS) is 11.3. The summed E-state index contributed by atoms with van der Waals surface area (Å²) >= 11 is 0. The number of hydrogen-bond donors (Lipinski definition) is 2. The van der Waals surface area contributed by atoms with Crippen LogP contribution in [-0.2, 0) is 6.54 Å². The Hall–Kier alpha value is -3.94. The summed E-state index contributed by atoms with van der Waals surface area (Å²) in [5, 5.41) is 13.6. The molecule has 0 amide bonds. The van der Waals surface area contributed by atoms with E-state index in [-0.39, 0.29) is 0 Å². The van der Waals surface area contributed by atoms with Crippen molar-refractivity contribution in [3.63, 3.8) is 0 Å². The molecule has 5 aromatic rings. The fraction of sp³-hybridized carbons (Fsp3) is 0.143. The first-order chi connectivity index (χ1) is 14.3. The zero-order valence-electron chi connectivity index (χ0n) is 15.6. The lowest BCUT2D eigenvalue weighted by molar-refractivity contribution is 0.298. The average Bonchev–Trinajstić information content (AvgIpc) is 3.42. The number of anilines is 1. The monoisotopic (exact) mass is 385 g/mol. The molecule has 144 valence electrons. The highest BCUT2D eigenvalue weighted by molar-refractivity contribution is 6.08. The Morgan fingerprint density at radius 2 is 2.07 bits per heavy atom. The second kappa shape index (κ2) is 7.23. The first-order valence-corrected chi connectivity index (χ1v) is 9.37. The number of aromatic nitrogens is 6. The van der Waals surface area contributed by atoms with E-state index in [0.29, 0.717) is 12.4 Å². The molecule has 0 bridgehead atoms. The number of aromatic amines is 1. The quantitative estimate of drug-likeness (QED) is 0.434. The van der Waals surface area contributed by atoms with E-state index in [2.05, 4.69) is 31.3 Å². The van der Waals surface area contributed by atoms with Gasteiger partial charge >= 0.3 is 0 Å². The van der Waals surface area contributed by atoms with E-state index < -0.39 is 0 Å². The zero-order chi connectivity index (χ0) is 19.6. The zero-order valence-corrected chi connectivity index (χ0v) is 15.6. The standard InChI is InChI=1S/C21H19N7O/c22-21-20-17(13-28(27-20)9-2-10-29-15-3-1-7-23-12-15)16-5-4-14(11-19(16)25-21)18-6-8-24-26-18/h1,3-8,11-13H,2,9-10H2,(H2,22,25)(H,24,26). The number of aryl methyl sites for hydroxylation is 1. The SMILES string of the molecule is Nc1nc2cc(-c3ccn[nH]3)ccc2c2cn(CCCOc3cccnc3)nc12. The van der Waals surface area contributed by atoms with Crippen molar-refractivity contribution in [2.24, 2.45) is 0 Å². The number of rotatable bonds is 6. The minimum Gasteiger partial charge on any atom is -0.492 e. The third kappa shape index (κ3) is 3.36. The third-order valence-electron chi connectivity index (χ3n) is 4.78. The first-order valence-electron chi connectivity index (χ1n) is 9.37. The van der Waals surface area contributed by atoms with Crippen LogP contribution in [0.5, 0.6) is 5.75 Å². The van der Waals surface area contributed by atoms with E-state index in [1.54, 1.807) is 18.6 Å². The molecule has 0 unspecified atom stereocenters.